The third-order valence-electron chi connectivity index (χ3n) is 0. The molecule has 6 nitrogen and oxygen atoms in total. The van der Waals surface area contributed by atoms with Crippen LogP contribution in [0.15, 0.2) is 0 Å². The lowest BCUT2D eigenvalue weighted by atomic mass is 13.1. The van der Waals surface area contributed by atoms with E-state index >= 15 is 0 Å². The molecule has 44 valence electrons. The van der Waals surface area contributed by atoms with E-state index in [1.807, 2.05) is 0 Å². The van der Waals surface area contributed by atoms with E-state index in [-0.39, 0.29) is 34.0 Å². The highest BCUT2D eigenvalue weighted by Gasteiger charge is 1.65. The van der Waals surface area contributed by atoms with Crippen molar-refractivity contribution in [3.05, 3.63) is 10.1 Å². The Kier molecular flexibility index (Phi) is 69.0. The summed E-state index contributed by atoms with van der Waals surface area (Å²) < 4.78 is 0. The van der Waals surface area contributed by atoms with Gasteiger partial charge in [0.25, 0.3) is 5.09 Å². The third kappa shape index (κ3) is 6870. The lowest BCUT2D eigenvalue weighted by Crippen LogP contribution is -1.81. The van der Waals surface area contributed by atoms with Gasteiger partial charge in [-0.05, 0) is 0 Å². The fourth-order valence-electron chi connectivity index (χ4n) is 0. The van der Waals surface area contributed by atoms with Gasteiger partial charge < -0.3 is 16.2 Å². The summed E-state index contributed by atoms with van der Waals surface area (Å²) in [5, 5.41) is 13.6. The van der Waals surface area contributed by atoms with E-state index in [1.54, 1.807) is 0 Å². The SMILES string of the molecule is O.O.O=[N+]([O-])O.[MgH2]. The van der Waals surface area contributed by atoms with E-state index in [0.29, 0.717) is 0 Å². The highest BCUT2D eigenvalue weighted by Crippen LogP contribution is 1.38. The molecule has 7 heteroatoms. The van der Waals surface area contributed by atoms with Crippen LogP contribution in [-0.4, -0.2) is 44.3 Å². The minimum absolute atomic E-state index is 0. The number of hydrogen-bond acceptors (Lipinski definition) is 2. The van der Waals surface area contributed by atoms with Crippen molar-refractivity contribution in [3.8, 4) is 0 Å². The minimum Gasteiger partial charge on any atom is -0.412 e. The Hall–Kier alpha value is -0.114. The van der Waals surface area contributed by atoms with Crippen LogP contribution in [-0.2, 0) is 0 Å². The van der Waals surface area contributed by atoms with E-state index in [0.717, 1.165) is 0 Å². The Morgan fingerprint density at radius 3 is 1.43 bits per heavy atom. The van der Waals surface area contributed by atoms with Crippen molar-refractivity contribution in [1.29, 1.82) is 0 Å². The molecule has 0 aromatic heterocycles. The zero-order chi connectivity index (χ0) is 3.58. The molecular weight excluding hydrogens is 118 g/mol. The van der Waals surface area contributed by atoms with Gasteiger partial charge in [0, 0.05) is 0 Å². The zero-order valence-electron chi connectivity index (χ0n) is 2.71. The van der Waals surface area contributed by atoms with Crippen LogP contribution in [0.2, 0.25) is 0 Å². The van der Waals surface area contributed by atoms with Crippen molar-refractivity contribution in [3.63, 3.8) is 0 Å². The van der Waals surface area contributed by atoms with Crippen molar-refractivity contribution < 1.29 is 21.2 Å². The molecule has 0 rings (SSSR count). The van der Waals surface area contributed by atoms with Crippen molar-refractivity contribution in [2.75, 3.05) is 0 Å². The normalized spacial score (nSPS) is 3.43. The molecule has 0 bridgehead atoms. The Morgan fingerprint density at radius 1 is 1.43 bits per heavy atom. The predicted molar refractivity (Wildman–Crippen MR) is 24.6 cm³/mol. The second-order valence-electron chi connectivity index (χ2n) is 0.238. The average molecular weight is 125 g/mol. The van der Waals surface area contributed by atoms with Gasteiger partial charge in [0.05, 0.1) is 0 Å². The molecule has 0 aromatic carbocycles. The zero-order valence-corrected chi connectivity index (χ0v) is 2.71. The highest BCUT2D eigenvalue weighted by atomic mass is 24.3. The van der Waals surface area contributed by atoms with E-state index in [2.05, 4.69) is 0 Å². The third-order valence-corrected chi connectivity index (χ3v) is 0. The van der Waals surface area contributed by atoms with Gasteiger partial charge in [-0.25, -0.2) is 0 Å². The Morgan fingerprint density at radius 2 is 1.43 bits per heavy atom. The predicted octanol–water partition coefficient (Wildman–Crippen LogP) is -2.91. The lowest BCUT2D eigenvalue weighted by Gasteiger charge is -1.56. The van der Waals surface area contributed by atoms with Gasteiger partial charge in [0.1, 0.15) is 0 Å². The lowest BCUT2D eigenvalue weighted by molar-refractivity contribution is -0.742. The minimum atomic E-state index is -1.50. The molecule has 0 aromatic rings. The van der Waals surface area contributed by atoms with Crippen molar-refractivity contribution in [2.45, 2.75) is 0 Å². The smallest absolute Gasteiger partial charge is 0.316 e. The monoisotopic (exact) mass is 125 g/mol. The maximum atomic E-state index is 8.36. The fourth-order valence-corrected chi connectivity index (χ4v) is 0. The standard InChI is InChI=1S/Mg.HNO3.2H2O.2H/c;2-1(3)4;;;;/h;(H,2,3,4);2*1H2;;. The molecule has 0 saturated carbocycles. The van der Waals surface area contributed by atoms with Gasteiger partial charge in [-0.3, -0.25) is 0 Å². The van der Waals surface area contributed by atoms with Crippen LogP contribution in [0.5, 0.6) is 0 Å². The summed E-state index contributed by atoms with van der Waals surface area (Å²) in [4.78, 5) is 8.36. The molecule has 5 N–H and O–H groups in total. The maximum Gasteiger partial charge on any atom is 0.316 e. The first kappa shape index (κ1) is 28.6. The van der Waals surface area contributed by atoms with Crippen LogP contribution >= 0.6 is 0 Å². The summed E-state index contributed by atoms with van der Waals surface area (Å²) in [6, 6.07) is 0. The van der Waals surface area contributed by atoms with Gasteiger partial charge in [-0.2, -0.15) is 0 Å². The van der Waals surface area contributed by atoms with Crippen molar-refractivity contribution >= 4 is 23.1 Å². The van der Waals surface area contributed by atoms with Gasteiger partial charge in [-0.15, -0.1) is 10.1 Å². The molecular formula is H7MgNO5. The number of rotatable bonds is 0. The first-order chi connectivity index (χ1) is 1.73. The fraction of sp³-hybridized carbons (Fsp3) is 0. The molecule has 0 spiro atoms. The summed E-state index contributed by atoms with van der Waals surface area (Å²) in [6.07, 6.45) is 0. The van der Waals surface area contributed by atoms with Crippen LogP contribution in [0.1, 0.15) is 0 Å². The van der Waals surface area contributed by atoms with Crippen LogP contribution < -0.4 is 0 Å². The summed E-state index contributed by atoms with van der Waals surface area (Å²) in [5.74, 6) is 0. The molecule has 0 aliphatic carbocycles. The number of nitrogens with zero attached hydrogens (tertiary/aromatic N) is 1. The first-order valence-electron chi connectivity index (χ1n) is 0.565. The summed E-state index contributed by atoms with van der Waals surface area (Å²) in [5.41, 5.74) is 0. The quantitative estimate of drug-likeness (QED) is 0.212. The Bertz CT molecular complexity index is 31.1. The maximum absolute atomic E-state index is 8.36. The molecule has 0 fully saturated rings. The molecule has 0 aliphatic rings. The summed E-state index contributed by atoms with van der Waals surface area (Å²) in [7, 11) is 0. The molecule has 0 amide bonds. The van der Waals surface area contributed by atoms with Gasteiger partial charge >= 0.3 is 23.1 Å². The summed E-state index contributed by atoms with van der Waals surface area (Å²) >= 11 is 0. The van der Waals surface area contributed by atoms with Crippen LogP contribution in [0, 0.1) is 10.1 Å². The van der Waals surface area contributed by atoms with Crippen molar-refractivity contribution in [2.24, 2.45) is 0 Å². The highest BCUT2D eigenvalue weighted by molar-refractivity contribution is 5.75. The van der Waals surface area contributed by atoms with Gasteiger partial charge in [-0.1, -0.05) is 0 Å². The topological polar surface area (TPSA) is 126 Å². The molecule has 0 radical (unpaired) electrons. The molecule has 0 heterocycles. The molecule has 0 atom stereocenters. The van der Waals surface area contributed by atoms with Gasteiger partial charge in [0.15, 0.2) is 0 Å². The van der Waals surface area contributed by atoms with Gasteiger partial charge in [0.2, 0.25) is 0 Å². The molecule has 7 heavy (non-hydrogen) atoms. The largest absolute Gasteiger partial charge is 0.412 e. The molecule has 0 saturated heterocycles. The van der Waals surface area contributed by atoms with Crippen molar-refractivity contribution in [1.82, 2.24) is 0 Å². The number of hydrogen-bond donors (Lipinski definition) is 1. The van der Waals surface area contributed by atoms with Crippen LogP contribution in [0.3, 0.4) is 0 Å². The van der Waals surface area contributed by atoms with Crippen LogP contribution in [0.4, 0.5) is 0 Å². The average Bonchev–Trinajstić information content (AvgIpc) is 0.811. The molecule has 0 unspecified atom stereocenters. The second kappa shape index (κ2) is 16.9. The first-order valence-corrected chi connectivity index (χ1v) is 0.565. The Labute approximate surface area is 55.0 Å². The summed E-state index contributed by atoms with van der Waals surface area (Å²) in [6.45, 7) is 0. The van der Waals surface area contributed by atoms with E-state index < -0.39 is 5.09 Å². The van der Waals surface area contributed by atoms with E-state index in [1.165, 1.54) is 0 Å². The van der Waals surface area contributed by atoms with Crippen LogP contribution in [0.25, 0.3) is 0 Å². The second-order valence-corrected chi connectivity index (χ2v) is 0.238. The van der Waals surface area contributed by atoms with E-state index in [9.17, 15) is 0 Å². The molecule has 0 aliphatic heterocycles. The Balaban J connectivity index is -0.0000000150. The van der Waals surface area contributed by atoms with E-state index in [4.69, 9.17) is 15.3 Å².